The Bertz CT molecular complexity index is 397. The number of aliphatic hydroxyl groups is 1. The predicted octanol–water partition coefficient (Wildman–Crippen LogP) is 1.53. The van der Waals surface area contributed by atoms with Crippen LogP contribution >= 0.6 is 0 Å². The zero-order valence-electron chi connectivity index (χ0n) is 7.71. The van der Waals surface area contributed by atoms with E-state index in [9.17, 15) is 19.7 Å². The Balaban J connectivity index is 2.62. The van der Waals surface area contributed by atoms with Crippen LogP contribution in [0.2, 0.25) is 0 Å². The van der Waals surface area contributed by atoms with Crippen LogP contribution in [-0.2, 0) is 5.60 Å². The minimum atomic E-state index is -1.14. The SMILES string of the molecule is Cc1cc(C2(O)CC2)c(F)c(O)c1O. The van der Waals surface area contributed by atoms with E-state index in [0.29, 0.717) is 18.4 Å². The Labute approximate surface area is 80.4 Å². The van der Waals surface area contributed by atoms with Crippen LogP contribution in [-0.4, -0.2) is 15.3 Å². The molecule has 3 nitrogen and oxygen atoms in total. The van der Waals surface area contributed by atoms with E-state index in [-0.39, 0.29) is 5.56 Å². The number of phenolic OH excluding ortho intramolecular Hbond substituents is 2. The lowest BCUT2D eigenvalue weighted by Crippen LogP contribution is -2.08. The molecule has 1 saturated carbocycles. The fourth-order valence-electron chi connectivity index (χ4n) is 1.49. The summed E-state index contributed by atoms with van der Waals surface area (Å²) in [6, 6.07) is 1.37. The van der Waals surface area contributed by atoms with Crippen LogP contribution < -0.4 is 0 Å². The largest absolute Gasteiger partial charge is 0.504 e. The van der Waals surface area contributed by atoms with Gasteiger partial charge in [-0.1, -0.05) is 0 Å². The molecule has 0 bridgehead atoms. The highest BCUT2D eigenvalue weighted by Gasteiger charge is 2.45. The minimum Gasteiger partial charge on any atom is -0.504 e. The summed E-state index contributed by atoms with van der Waals surface area (Å²) >= 11 is 0. The molecule has 0 unspecified atom stereocenters. The van der Waals surface area contributed by atoms with E-state index >= 15 is 0 Å². The number of hydrogen-bond acceptors (Lipinski definition) is 3. The van der Waals surface area contributed by atoms with Gasteiger partial charge in [-0.25, -0.2) is 4.39 Å². The predicted molar refractivity (Wildman–Crippen MR) is 47.6 cm³/mol. The molecule has 0 heterocycles. The van der Waals surface area contributed by atoms with E-state index in [4.69, 9.17) is 0 Å². The van der Waals surface area contributed by atoms with Crippen molar-refractivity contribution >= 4 is 0 Å². The first-order chi connectivity index (χ1) is 6.46. The van der Waals surface area contributed by atoms with Gasteiger partial charge in [0.25, 0.3) is 0 Å². The Hall–Kier alpha value is -1.29. The maximum absolute atomic E-state index is 13.4. The highest BCUT2D eigenvalue weighted by molar-refractivity contribution is 5.50. The van der Waals surface area contributed by atoms with Crippen molar-refractivity contribution < 1.29 is 19.7 Å². The van der Waals surface area contributed by atoms with Gasteiger partial charge in [-0.15, -0.1) is 0 Å². The van der Waals surface area contributed by atoms with Crippen molar-refractivity contribution in [2.24, 2.45) is 0 Å². The Morgan fingerprint density at radius 2 is 1.86 bits per heavy atom. The van der Waals surface area contributed by atoms with Crippen molar-refractivity contribution in [3.05, 3.63) is 23.0 Å². The number of rotatable bonds is 1. The van der Waals surface area contributed by atoms with Crippen LogP contribution in [0.1, 0.15) is 24.0 Å². The summed E-state index contributed by atoms with van der Waals surface area (Å²) in [4.78, 5) is 0. The first kappa shape index (κ1) is 9.27. The molecule has 1 aromatic rings. The van der Waals surface area contributed by atoms with E-state index < -0.39 is 22.9 Å². The average molecular weight is 198 g/mol. The third-order valence-corrected chi connectivity index (χ3v) is 2.63. The normalized spacial score (nSPS) is 18.2. The van der Waals surface area contributed by atoms with E-state index in [2.05, 4.69) is 0 Å². The van der Waals surface area contributed by atoms with Gasteiger partial charge in [-0.2, -0.15) is 0 Å². The minimum absolute atomic E-state index is 0.0744. The lowest BCUT2D eigenvalue weighted by Gasteiger charge is -2.12. The van der Waals surface area contributed by atoms with Crippen LogP contribution in [0.25, 0.3) is 0 Å². The lowest BCUT2D eigenvalue weighted by atomic mass is 10.0. The third kappa shape index (κ3) is 1.14. The zero-order chi connectivity index (χ0) is 10.5. The summed E-state index contributed by atoms with van der Waals surface area (Å²) in [6.45, 7) is 1.55. The highest BCUT2D eigenvalue weighted by Crippen LogP contribution is 2.49. The second-order valence-corrected chi connectivity index (χ2v) is 3.78. The Morgan fingerprint density at radius 1 is 1.29 bits per heavy atom. The highest BCUT2D eigenvalue weighted by atomic mass is 19.1. The molecule has 1 aromatic carbocycles. The van der Waals surface area contributed by atoms with Crippen molar-refractivity contribution in [1.29, 1.82) is 0 Å². The maximum atomic E-state index is 13.4. The standard InChI is InChI=1S/C10H11FO3/c1-5-4-6(10(14)2-3-10)7(11)9(13)8(5)12/h4,12-14H,2-3H2,1H3. The van der Waals surface area contributed by atoms with Crippen LogP contribution in [0.15, 0.2) is 6.07 Å². The summed E-state index contributed by atoms with van der Waals surface area (Å²) in [7, 11) is 0. The molecule has 1 aliphatic carbocycles. The van der Waals surface area contributed by atoms with Gasteiger partial charge in [0.15, 0.2) is 17.3 Å². The van der Waals surface area contributed by atoms with Gasteiger partial charge in [0, 0.05) is 5.56 Å². The van der Waals surface area contributed by atoms with Gasteiger partial charge < -0.3 is 15.3 Å². The zero-order valence-corrected chi connectivity index (χ0v) is 7.71. The van der Waals surface area contributed by atoms with Gasteiger partial charge in [0.05, 0.1) is 5.60 Å². The topological polar surface area (TPSA) is 60.7 Å². The van der Waals surface area contributed by atoms with Crippen molar-refractivity contribution in [2.45, 2.75) is 25.4 Å². The van der Waals surface area contributed by atoms with Crippen molar-refractivity contribution in [3.8, 4) is 11.5 Å². The second-order valence-electron chi connectivity index (χ2n) is 3.78. The molecular weight excluding hydrogens is 187 g/mol. The molecule has 1 fully saturated rings. The van der Waals surface area contributed by atoms with Gasteiger partial charge in [0.1, 0.15) is 0 Å². The number of benzene rings is 1. The lowest BCUT2D eigenvalue weighted by molar-refractivity contribution is 0.145. The van der Waals surface area contributed by atoms with E-state index in [1.165, 1.54) is 6.07 Å². The number of halogens is 1. The molecule has 14 heavy (non-hydrogen) atoms. The molecule has 4 heteroatoms. The summed E-state index contributed by atoms with van der Waals surface area (Å²) in [5.74, 6) is -2.16. The second kappa shape index (κ2) is 2.60. The summed E-state index contributed by atoms with van der Waals surface area (Å²) in [5, 5.41) is 28.1. The van der Waals surface area contributed by atoms with Crippen molar-refractivity contribution in [1.82, 2.24) is 0 Å². The van der Waals surface area contributed by atoms with Crippen molar-refractivity contribution in [2.75, 3.05) is 0 Å². The number of aromatic hydroxyl groups is 2. The van der Waals surface area contributed by atoms with Gasteiger partial charge in [-0.3, -0.25) is 0 Å². The van der Waals surface area contributed by atoms with Gasteiger partial charge >= 0.3 is 0 Å². The van der Waals surface area contributed by atoms with E-state index in [0.717, 1.165) is 0 Å². The molecule has 76 valence electrons. The Morgan fingerprint density at radius 3 is 2.36 bits per heavy atom. The third-order valence-electron chi connectivity index (χ3n) is 2.63. The Kier molecular flexibility index (Phi) is 1.72. The summed E-state index contributed by atoms with van der Waals surface area (Å²) < 4.78 is 13.4. The van der Waals surface area contributed by atoms with Crippen LogP contribution in [0.5, 0.6) is 11.5 Å². The smallest absolute Gasteiger partial charge is 0.194 e. The fourth-order valence-corrected chi connectivity index (χ4v) is 1.49. The number of aryl methyl sites for hydroxylation is 1. The van der Waals surface area contributed by atoms with Crippen molar-refractivity contribution in [3.63, 3.8) is 0 Å². The maximum Gasteiger partial charge on any atom is 0.194 e. The van der Waals surface area contributed by atoms with Crippen LogP contribution in [0.3, 0.4) is 0 Å². The molecule has 3 N–H and O–H groups in total. The quantitative estimate of drug-likeness (QED) is 0.599. The molecule has 0 aromatic heterocycles. The molecular formula is C10H11FO3. The van der Waals surface area contributed by atoms with E-state index in [1.54, 1.807) is 6.92 Å². The summed E-state index contributed by atoms with van der Waals surface area (Å²) in [5.41, 5.74) is -0.704. The summed E-state index contributed by atoms with van der Waals surface area (Å²) in [6.07, 6.45) is 0.987. The van der Waals surface area contributed by atoms with Crippen LogP contribution in [0.4, 0.5) is 4.39 Å². The number of hydrogen-bond donors (Lipinski definition) is 3. The van der Waals surface area contributed by atoms with Gasteiger partial charge in [0.2, 0.25) is 0 Å². The number of phenols is 2. The average Bonchev–Trinajstić information content (AvgIpc) is 2.87. The molecule has 0 saturated heterocycles. The molecule has 0 radical (unpaired) electrons. The molecule has 0 amide bonds. The molecule has 2 rings (SSSR count). The molecule has 1 aliphatic rings. The van der Waals surface area contributed by atoms with E-state index in [1.807, 2.05) is 0 Å². The molecule has 0 spiro atoms. The van der Waals surface area contributed by atoms with Gasteiger partial charge in [-0.05, 0) is 31.4 Å². The fraction of sp³-hybridized carbons (Fsp3) is 0.400. The first-order valence-electron chi connectivity index (χ1n) is 4.39. The first-order valence-corrected chi connectivity index (χ1v) is 4.39. The molecule has 0 aliphatic heterocycles. The monoisotopic (exact) mass is 198 g/mol. The molecule has 0 atom stereocenters. The van der Waals surface area contributed by atoms with Crippen LogP contribution in [0, 0.1) is 12.7 Å².